The molecule has 1 aliphatic carbocycles. The fourth-order valence-electron chi connectivity index (χ4n) is 3.79. The minimum absolute atomic E-state index is 0.0175. The van der Waals surface area contributed by atoms with E-state index in [1.807, 2.05) is 0 Å². The summed E-state index contributed by atoms with van der Waals surface area (Å²) in [5, 5.41) is 0. The van der Waals surface area contributed by atoms with Gasteiger partial charge in [-0.2, -0.15) is 0 Å². The van der Waals surface area contributed by atoms with E-state index >= 15 is 0 Å². The van der Waals surface area contributed by atoms with Gasteiger partial charge >= 0.3 is 0 Å². The molecule has 2 rings (SSSR count). The molecule has 0 unspecified atom stereocenters. The summed E-state index contributed by atoms with van der Waals surface area (Å²) in [4.78, 5) is -0.148. The molecule has 0 bridgehead atoms. The van der Waals surface area contributed by atoms with Crippen LogP contribution >= 0.6 is 0 Å². The number of rotatable bonds is 5. The molecule has 23 heavy (non-hydrogen) atoms. The van der Waals surface area contributed by atoms with E-state index in [0.29, 0.717) is 24.2 Å². The van der Waals surface area contributed by atoms with Crippen LogP contribution in [0, 0.1) is 17.8 Å². The first kappa shape index (κ1) is 18.5. The summed E-state index contributed by atoms with van der Waals surface area (Å²) in [6.07, 6.45) is 4.99. The van der Waals surface area contributed by atoms with Gasteiger partial charge < -0.3 is 0 Å². The smallest absolute Gasteiger partial charge is 0.179 e. The molecule has 4 nitrogen and oxygen atoms in total. The van der Waals surface area contributed by atoms with E-state index in [1.54, 1.807) is 12.1 Å². The molecule has 0 heterocycles. The first-order valence-electron chi connectivity index (χ1n) is 8.11. The first-order valence-corrected chi connectivity index (χ1v) is 11.7. The monoisotopic (exact) mass is 358 g/mol. The SMILES string of the molecule is C[C@H]1CC(CCS(=O)(=O)c2ccccc2S(C)(=O)=O)C[C@H](C)C1. The second kappa shape index (κ2) is 6.93. The molecule has 2 atom stereocenters. The van der Waals surface area contributed by atoms with Crippen LogP contribution in [0.25, 0.3) is 0 Å². The van der Waals surface area contributed by atoms with Crippen LogP contribution in [0.4, 0.5) is 0 Å². The van der Waals surface area contributed by atoms with Gasteiger partial charge in [-0.25, -0.2) is 16.8 Å². The van der Waals surface area contributed by atoms with Crippen molar-refractivity contribution >= 4 is 19.7 Å². The second-order valence-electron chi connectivity index (χ2n) is 7.11. The average Bonchev–Trinajstić information content (AvgIpc) is 2.43. The minimum Gasteiger partial charge on any atom is -0.224 e. The highest BCUT2D eigenvalue weighted by molar-refractivity contribution is 7.94. The average molecular weight is 359 g/mol. The summed E-state index contributed by atoms with van der Waals surface area (Å²) in [6.45, 7) is 4.44. The molecule has 1 fully saturated rings. The van der Waals surface area contributed by atoms with Gasteiger partial charge in [0.05, 0.1) is 15.5 Å². The molecular formula is C17H26O4S2. The molecule has 1 aromatic rings. The van der Waals surface area contributed by atoms with E-state index < -0.39 is 19.7 Å². The molecule has 1 aliphatic rings. The highest BCUT2D eigenvalue weighted by Crippen LogP contribution is 2.35. The number of hydrogen-bond donors (Lipinski definition) is 0. The molecule has 0 aliphatic heterocycles. The predicted octanol–water partition coefficient (Wildman–Crippen LogP) is 3.33. The Labute approximate surface area is 140 Å². The third kappa shape index (κ3) is 4.80. The zero-order valence-corrected chi connectivity index (χ0v) is 15.7. The van der Waals surface area contributed by atoms with Crippen molar-refractivity contribution in [3.05, 3.63) is 24.3 Å². The first-order chi connectivity index (χ1) is 10.6. The third-order valence-electron chi connectivity index (χ3n) is 4.65. The lowest BCUT2D eigenvalue weighted by molar-refractivity contribution is 0.215. The molecule has 6 heteroatoms. The molecular weight excluding hydrogens is 332 g/mol. The van der Waals surface area contributed by atoms with E-state index in [9.17, 15) is 16.8 Å². The fourth-order valence-corrected chi connectivity index (χ4v) is 6.91. The largest absolute Gasteiger partial charge is 0.224 e. The highest BCUT2D eigenvalue weighted by Gasteiger charge is 2.28. The van der Waals surface area contributed by atoms with Crippen LogP contribution in [0.1, 0.15) is 39.5 Å². The standard InChI is InChI=1S/C17H26O4S2/c1-13-10-14(2)12-15(11-13)8-9-23(20,21)17-7-5-4-6-16(17)22(3,18)19/h4-7,13-15H,8-12H2,1-3H3/t13-,14-/m1/s1. The van der Waals surface area contributed by atoms with E-state index in [-0.39, 0.29) is 15.5 Å². The van der Waals surface area contributed by atoms with Crippen LogP contribution in [-0.2, 0) is 19.7 Å². The van der Waals surface area contributed by atoms with Gasteiger partial charge in [0, 0.05) is 6.26 Å². The summed E-state index contributed by atoms with van der Waals surface area (Å²) < 4.78 is 48.9. The van der Waals surface area contributed by atoms with Gasteiger partial charge in [0.1, 0.15) is 0 Å². The van der Waals surface area contributed by atoms with Crippen LogP contribution < -0.4 is 0 Å². The van der Waals surface area contributed by atoms with Crippen LogP contribution in [-0.4, -0.2) is 28.8 Å². The molecule has 0 amide bonds. The van der Waals surface area contributed by atoms with Crippen molar-refractivity contribution < 1.29 is 16.8 Å². The van der Waals surface area contributed by atoms with Crippen molar-refractivity contribution in [1.82, 2.24) is 0 Å². The minimum atomic E-state index is -3.59. The second-order valence-corrected chi connectivity index (χ2v) is 11.2. The number of sulfone groups is 2. The van der Waals surface area contributed by atoms with E-state index in [4.69, 9.17) is 0 Å². The Kier molecular flexibility index (Phi) is 5.56. The molecule has 0 saturated heterocycles. The molecule has 0 aromatic heterocycles. The van der Waals surface area contributed by atoms with E-state index in [2.05, 4.69) is 13.8 Å². The summed E-state index contributed by atoms with van der Waals surface area (Å²) in [5.41, 5.74) is 0. The maximum atomic E-state index is 12.6. The summed E-state index contributed by atoms with van der Waals surface area (Å²) >= 11 is 0. The van der Waals surface area contributed by atoms with Crippen molar-refractivity contribution in [1.29, 1.82) is 0 Å². The molecule has 130 valence electrons. The van der Waals surface area contributed by atoms with Gasteiger partial charge in [-0.05, 0) is 55.6 Å². The Balaban J connectivity index is 2.17. The maximum absolute atomic E-state index is 12.6. The quantitative estimate of drug-likeness (QED) is 0.809. The number of hydrogen-bond acceptors (Lipinski definition) is 4. The Morgan fingerprint density at radius 1 is 0.913 bits per heavy atom. The van der Waals surface area contributed by atoms with Crippen molar-refractivity contribution in [2.24, 2.45) is 17.8 Å². The predicted molar refractivity (Wildman–Crippen MR) is 91.9 cm³/mol. The van der Waals surface area contributed by atoms with Gasteiger partial charge in [-0.1, -0.05) is 26.0 Å². The number of benzene rings is 1. The van der Waals surface area contributed by atoms with Crippen molar-refractivity contribution in [2.45, 2.75) is 49.3 Å². The third-order valence-corrected chi connectivity index (χ3v) is 7.74. The normalized spacial score (nSPS) is 26.1. The van der Waals surface area contributed by atoms with Crippen molar-refractivity contribution in [3.63, 3.8) is 0 Å². The van der Waals surface area contributed by atoms with Gasteiger partial charge in [-0.3, -0.25) is 0 Å². The molecule has 1 saturated carbocycles. The molecule has 0 radical (unpaired) electrons. The molecule has 1 aromatic carbocycles. The lowest BCUT2D eigenvalue weighted by atomic mass is 9.76. The van der Waals surface area contributed by atoms with Gasteiger partial charge in [0.25, 0.3) is 0 Å². The summed E-state index contributed by atoms with van der Waals surface area (Å²) in [7, 11) is -7.14. The van der Waals surface area contributed by atoms with Crippen molar-refractivity contribution in [2.75, 3.05) is 12.0 Å². The molecule has 0 N–H and O–H groups in total. The van der Waals surface area contributed by atoms with Crippen LogP contribution in [0.5, 0.6) is 0 Å². The Morgan fingerprint density at radius 3 is 1.96 bits per heavy atom. The zero-order valence-electron chi connectivity index (χ0n) is 14.0. The topological polar surface area (TPSA) is 68.3 Å². The Hall–Kier alpha value is -0.880. The van der Waals surface area contributed by atoms with Crippen LogP contribution in [0.3, 0.4) is 0 Å². The lowest BCUT2D eigenvalue weighted by Gasteiger charge is -2.31. The zero-order chi connectivity index (χ0) is 17.3. The summed E-state index contributed by atoms with van der Waals surface area (Å²) in [6, 6.07) is 5.90. The fraction of sp³-hybridized carbons (Fsp3) is 0.647. The van der Waals surface area contributed by atoms with E-state index in [0.717, 1.165) is 19.1 Å². The van der Waals surface area contributed by atoms with Gasteiger partial charge in [-0.15, -0.1) is 0 Å². The van der Waals surface area contributed by atoms with Gasteiger partial charge in [0.15, 0.2) is 19.7 Å². The lowest BCUT2D eigenvalue weighted by Crippen LogP contribution is -2.22. The van der Waals surface area contributed by atoms with Crippen molar-refractivity contribution in [3.8, 4) is 0 Å². The Bertz CT molecular complexity index is 741. The van der Waals surface area contributed by atoms with E-state index in [1.165, 1.54) is 18.6 Å². The van der Waals surface area contributed by atoms with Gasteiger partial charge in [0.2, 0.25) is 0 Å². The highest BCUT2D eigenvalue weighted by atomic mass is 32.2. The van der Waals surface area contributed by atoms with Crippen LogP contribution in [0.15, 0.2) is 34.1 Å². The maximum Gasteiger partial charge on any atom is 0.179 e. The Morgan fingerprint density at radius 2 is 1.43 bits per heavy atom. The van der Waals surface area contributed by atoms with Crippen LogP contribution in [0.2, 0.25) is 0 Å². The summed E-state index contributed by atoms with van der Waals surface area (Å²) in [5.74, 6) is 1.70. The molecule has 0 spiro atoms.